The average Bonchev–Trinajstić information content (AvgIpc) is 3.36. The van der Waals surface area contributed by atoms with Gasteiger partial charge < -0.3 is 4.74 Å². The predicted octanol–water partition coefficient (Wildman–Crippen LogP) is 2.84. The molecule has 1 heterocycles. The van der Waals surface area contributed by atoms with Crippen molar-refractivity contribution >= 4 is 44.6 Å². The van der Waals surface area contributed by atoms with Gasteiger partial charge >= 0.3 is 5.97 Å². The van der Waals surface area contributed by atoms with E-state index in [1.54, 1.807) is 0 Å². The highest BCUT2D eigenvalue weighted by molar-refractivity contribution is 7.89. The Hall–Kier alpha value is -2.08. The van der Waals surface area contributed by atoms with Gasteiger partial charge in [0, 0.05) is 17.5 Å². The summed E-state index contributed by atoms with van der Waals surface area (Å²) in [6.07, 6.45) is 1.37. The predicted molar refractivity (Wildman–Crippen MR) is 97.3 cm³/mol. The number of methoxy groups -OCH3 is 1. The zero-order chi connectivity index (χ0) is 19.8. The number of sulfonamides is 1. The van der Waals surface area contributed by atoms with E-state index in [-0.39, 0.29) is 28.2 Å². The normalized spacial score (nSPS) is 14.3. The van der Waals surface area contributed by atoms with Gasteiger partial charge in [0.15, 0.2) is 5.69 Å². The van der Waals surface area contributed by atoms with E-state index in [0.29, 0.717) is 17.8 Å². The van der Waals surface area contributed by atoms with Crippen LogP contribution in [0.4, 0.5) is 5.69 Å². The molecule has 0 spiro atoms. The molecule has 0 bridgehead atoms. The standard InChI is InChI=1S/C15H14ClN3O6S2/c1-25-15(20)12-8-26-14(17-12)7-18(9-2-3-9)27(23,24)10-4-5-11(16)13(6-10)19(21)22/h4-6,8-9H,2-3,7H2,1H3. The highest BCUT2D eigenvalue weighted by atomic mass is 35.5. The van der Waals surface area contributed by atoms with Gasteiger partial charge in [0.2, 0.25) is 10.0 Å². The van der Waals surface area contributed by atoms with Crippen molar-refractivity contribution in [1.29, 1.82) is 0 Å². The number of aromatic nitrogens is 1. The van der Waals surface area contributed by atoms with Crippen molar-refractivity contribution in [1.82, 2.24) is 9.29 Å². The number of ether oxygens (including phenoxy) is 1. The van der Waals surface area contributed by atoms with Gasteiger partial charge in [-0.25, -0.2) is 18.2 Å². The molecule has 0 unspecified atom stereocenters. The first kappa shape index (κ1) is 19.7. The van der Waals surface area contributed by atoms with E-state index in [4.69, 9.17) is 11.6 Å². The average molecular weight is 432 g/mol. The lowest BCUT2D eigenvalue weighted by molar-refractivity contribution is -0.384. The Morgan fingerprint density at radius 1 is 1.48 bits per heavy atom. The summed E-state index contributed by atoms with van der Waals surface area (Å²) < 4.78 is 31.9. The summed E-state index contributed by atoms with van der Waals surface area (Å²) in [5.74, 6) is -0.605. The number of hydrogen-bond acceptors (Lipinski definition) is 8. The van der Waals surface area contributed by atoms with Crippen LogP contribution >= 0.6 is 22.9 Å². The van der Waals surface area contributed by atoms with Crippen LogP contribution in [-0.2, 0) is 21.3 Å². The molecular weight excluding hydrogens is 418 g/mol. The molecule has 144 valence electrons. The minimum Gasteiger partial charge on any atom is -0.464 e. The molecular formula is C15H14ClN3O6S2. The molecule has 1 saturated carbocycles. The molecule has 27 heavy (non-hydrogen) atoms. The van der Waals surface area contributed by atoms with E-state index in [1.165, 1.54) is 28.9 Å². The second kappa shape index (κ2) is 7.50. The summed E-state index contributed by atoms with van der Waals surface area (Å²) in [6.45, 7) is -0.0366. The molecule has 12 heteroatoms. The van der Waals surface area contributed by atoms with Crippen molar-refractivity contribution in [2.75, 3.05) is 7.11 Å². The third-order valence-electron chi connectivity index (χ3n) is 3.91. The van der Waals surface area contributed by atoms with Crippen molar-refractivity contribution in [2.24, 2.45) is 0 Å². The Morgan fingerprint density at radius 2 is 2.19 bits per heavy atom. The number of hydrogen-bond donors (Lipinski definition) is 0. The van der Waals surface area contributed by atoms with Crippen LogP contribution in [0.3, 0.4) is 0 Å². The topological polar surface area (TPSA) is 120 Å². The first-order chi connectivity index (χ1) is 12.7. The van der Waals surface area contributed by atoms with Crippen molar-refractivity contribution in [3.63, 3.8) is 0 Å². The molecule has 1 aliphatic carbocycles. The smallest absolute Gasteiger partial charge is 0.357 e. The molecule has 9 nitrogen and oxygen atoms in total. The molecule has 1 aromatic heterocycles. The molecule has 0 saturated heterocycles. The Labute approximate surface area is 163 Å². The van der Waals surface area contributed by atoms with Gasteiger partial charge in [-0.05, 0) is 25.0 Å². The van der Waals surface area contributed by atoms with Crippen molar-refractivity contribution in [3.8, 4) is 0 Å². The second-order valence-electron chi connectivity index (χ2n) is 5.77. The van der Waals surface area contributed by atoms with Gasteiger partial charge in [-0.3, -0.25) is 10.1 Å². The fraction of sp³-hybridized carbons (Fsp3) is 0.333. The number of halogens is 1. The lowest BCUT2D eigenvalue weighted by atomic mass is 10.3. The number of nitro groups is 1. The Morgan fingerprint density at radius 3 is 2.78 bits per heavy atom. The molecule has 1 fully saturated rings. The van der Waals surface area contributed by atoms with Crippen LogP contribution in [0.25, 0.3) is 0 Å². The van der Waals surface area contributed by atoms with E-state index in [1.807, 2.05) is 0 Å². The summed E-state index contributed by atoms with van der Waals surface area (Å²) in [5.41, 5.74) is -0.372. The van der Waals surface area contributed by atoms with Crippen LogP contribution in [0.5, 0.6) is 0 Å². The zero-order valence-corrected chi connectivity index (χ0v) is 16.4. The van der Waals surface area contributed by atoms with E-state index in [0.717, 1.165) is 17.4 Å². The van der Waals surface area contributed by atoms with Crippen molar-refractivity contribution in [2.45, 2.75) is 30.3 Å². The maximum Gasteiger partial charge on any atom is 0.357 e. The Bertz CT molecular complexity index is 1000. The lowest BCUT2D eigenvalue weighted by Gasteiger charge is -2.20. The number of benzene rings is 1. The highest BCUT2D eigenvalue weighted by Gasteiger charge is 2.39. The van der Waals surface area contributed by atoms with Crippen LogP contribution < -0.4 is 0 Å². The molecule has 0 radical (unpaired) electrons. The number of nitro benzene ring substituents is 1. The molecule has 0 amide bonds. The molecule has 1 aliphatic rings. The zero-order valence-electron chi connectivity index (χ0n) is 14.0. The van der Waals surface area contributed by atoms with E-state index in [9.17, 15) is 23.3 Å². The quantitative estimate of drug-likeness (QED) is 0.375. The summed E-state index contributed by atoms with van der Waals surface area (Å²) in [5, 5.41) is 12.8. The number of thiazole rings is 1. The number of rotatable bonds is 7. The second-order valence-corrected chi connectivity index (χ2v) is 9.01. The van der Waals surface area contributed by atoms with Crippen LogP contribution in [-0.4, -0.2) is 41.8 Å². The third-order valence-corrected chi connectivity index (χ3v) is 6.96. The lowest BCUT2D eigenvalue weighted by Crippen LogP contribution is -2.32. The van der Waals surface area contributed by atoms with E-state index < -0.39 is 26.6 Å². The SMILES string of the molecule is COC(=O)c1csc(CN(C2CC2)S(=O)(=O)c2ccc(Cl)c([N+](=O)[O-])c2)n1. The number of carbonyl (C=O) groups is 1. The van der Waals surface area contributed by atoms with Crippen LogP contribution in [0.1, 0.15) is 28.3 Å². The fourth-order valence-electron chi connectivity index (χ4n) is 2.42. The van der Waals surface area contributed by atoms with E-state index >= 15 is 0 Å². The molecule has 1 aromatic carbocycles. The van der Waals surface area contributed by atoms with Crippen LogP contribution in [0.2, 0.25) is 5.02 Å². The van der Waals surface area contributed by atoms with Gasteiger partial charge in [-0.15, -0.1) is 11.3 Å². The number of carbonyl (C=O) groups excluding carboxylic acids is 1. The maximum atomic E-state index is 13.0. The van der Waals surface area contributed by atoms with Gasteiger partial charge in [0.1, 0.15) is 10.0 Å². The molecule has 2 aromatic rings. The number of nitrogens with zero attached hydrogens (tertiary/aromatic N) is 3. The van der Waals surface area contributed by atoms with Gasteiger partial charge in [0.05, 0.1) is 23.5 Å². The molecule has 3 rings (SSSR count). The Balaban J connectivity index is 1.92. The van der Waals surface area contributed by atoms with Gasteiger partial charge in [-0.1, -0.05) is 11.6 Å². The fourth-order valence-corrected chi connectivity index (χ4v) is 5.11. The van der Waals surface area contributed by atoms with Gasteiger partial charge in [0.25, 0.3) is 5.69 Å². The van der Waals surface area contributed by atoms with Crippen LogP contribution in [0.15, 0.2) is 28.5 Å². The summed E-state index contributed by atoms with van der Waals surface area (Å²) >= 11 is 6.91. The maximum absolute atomic E-state index is 13.0. The van der Waals surface area contributed by atoms with Gasteiger partial charge in [-0.2, -0.15) is 4.31 Å². The first-order valence-corrected chi connectivity index (χ1v) is 10.4. The number of esters is 1. The van der Waals surface area contributed by atoms with E-state index in [2.05, 4.69) is 9.72 Å². The van der Waals surface area contributed by atoms with Crippen molar-refractivity contribution < 1.29 is 22.9 Å². The summed E-state index contributed by atoms with van der Waals surface area (Å²) in [7, 11) is -2.77. The minimum atomic E-state index is -4.00. The largest absolute Gasteiger partial charge is 0.464 e. The molecule has 0 aliphatic heterocycles. The highest BCUT2D eigenvalue weighted by Crippen LogP contribution is 2.36. The monoisotopic (exact) mass is 431 g/mol. The summed E-state index contributed by atoms with van der Waals surface area (Å²) in [4.78, 5) is 25.8. The van der Waals surface area contributed by atoms with Crippen LogP contribution in [0, 0.1) is 10.1 Å². The molecule has 0 N–H and O–H groups in total. The third kappa shape index (κ3) is 4.10. The Kier molecular flexibility index (Phi) is 5.47. The minimum absolute atomic E-state index is 0.0366. The first-order valence-electron chi connectivity index (χ1n) is 7.72. The van der Waals surface area contributed by atoms with Crippen molar-refractivity contribution in [3.05, 3.63) is 49.4 Å². The summed E-state index contributed by atoms with van der Waals surface area (Å²) in [6, 6.07) is 3.17. The molecule has 0 atom stereocenters.